The van der Waals surface area contributed by atoms with Gasteiger partial charge in [0.15, 0.2) is 0 Å². The van der Waals surface area contributed by atoms with Gasteiger partial charge in [0.25, 0.3) is 0 Å². The normalized spacial score (nSPS) is 18.7. The summed E-state index contributed by atoms with van der Waals surface area (Å²) in [5, 5.41) is 3.08. The molecule has 1 aliphatic carbocycles. The molecule has 128 valence electrons. The molecule has 2 aromatic heterocycles. The number of rotatable bonds is 5. The first-order chi connectivity index (χ1) is 11.8. The van der Waals surface area contributed by atoms with E-state index in [0.29, 0.717) is 6.54 Å². The predicted molar refractivity (Wildman–Crippen MR) is 89.1 cm³/mol. The van der Waals surface area contributed by atoms with Gasteiger partial charge in [0.05, 0.1) is 31.0 Å². The minimum Gasteiger partial charge on any atom is -0.472 e. The highest BCUT2D eigenvalue weighted by molar-refractivity contribution is 5.79. The molecule has 0 bridgehead atoms. The summed E-state index contributed by atoms with van der Waals surface area (Å²) in [6.45, 7) is 4.40. The molecule has 1 aliphatic heterocycles. The van der Waals surface area contributed by atoms with Crippen molar-refractivity contribution in [2.45, 2.75) is 45.3 Å². The molecule has 3 heterocycles. The van der Waals surface area contributed by atoms with Crippen molar-refractivity contribution in [3.8, 4) is 0 Å². The summed E-state index contributed by atoms with van der Waals surface area (Å²) in [6.07, 6.45) is 9.66. The van der Waals surface area contributed by atoms with Gasteiger partial charge in [0, 0.05) is 44.1 Å². The van der Waals surface area contributed by atoms with Crippen molar-refractivity contribution in [1.82, 2.24) is 19.8 Å². The fourth-order valence-corrected chi connectivity index (χ4v) is 3.47. The number of hydrogen-bond donors (Lipinski definition) is 1. The predicted octanol–water partition coefficient (Wildman–Crippen LogP) is 1.95. The molecule has 6 nitrogen and oxygen atoms in total. The van der Waals surface area contributed by atoms with Crippen LogP contribution >= 0.6 is 0 Å². The zero-order valence-corrected chi connectivity index (χ0v) is 13.9. The van der Waals surface area contributed by atoms with Gasteiger partial charge >= 0.3 is 0 Å². The van der Waals surface area contributed by atoms with Gasteiger partial charge in [-0.25, -0.2) is 4.98 Å². The Morgan fingerprint density at radius 3 is 3.00 bits per heavy atom. The van der Waals surface area contributed by atoms with E-state index >= 15 is 0 Å². The number of furan rings is 1. The number of imidazole rings is 1. The molecule has 0 atom stereocenters. The number of fused-ring (bicyclic) bond motifs is 1. The third-order valence-corrected chi connectivity index (χ3v) is 5.22. The van der Waals surface area contributed by atoms with E-state index in [-0.39, 0.29) is 11.8 Å². The third-order valence-electron chi connectivity index (χ3n) is 5.22. The Hall–Kier alpha value is -2.08. The average molecular weight is 328 g/mol. The topological polar surface area (TPSA) is 63.3 Å². The summed E-state index contributed by atoms with van der Waals surface area (Å²) in [6, 6.07) is 2.02. The van der Waals surface area contributed by atoms with Gasteiger partial charge in [0.1, 0.15) is 5.82 Å². The lowest BCUT2D eigenvalue weighted by atomic mass is 9.85. The van der Waals surface area contributed by atoms with E-state index in [0.717, 1.165) is 57.0 Å². The van der Waals surface area contributed by atoms with E-state index in [4.69, 9.17) is 4.42 Å². The van der Waals surface area contributed by atoms with Gasteiger partial charge < -0.3 is 14.3 Å². The Labute approximate surface area is 141 Å². The Morgan fingerprint density at radius 2 is 2.25 bits per heavy atom. The highest BCUT2D eigenvalue weighted by Crippen LogP contribution is 2.26. The summed E-state index contributed by atoms with van der Waals surface area (Å²) in [7, 11) is 0. The number of aromatic nitrogens is 2. The first-order valence-electron chi connectivity index (χ1n) is 8.84. The summed E-state index contributed by atoms with van der Waals surface area (Å²) in [5.74, 6) is 1.56. The molecule has 2 aromatic rings. The highest BCUT2D eigenvalue weighted by atomic mass is 16.3. The molecule has 2 aliphatic rings. The van der Waals surface area contributed by atoms with E-state index < -0.39 is 0 Å². The molecule has 6 heteroatoms. The summed E-state index contributed by atoms with van der Waals surface area (Å²) in [4.78, 5) is 19.0. The molecule has 0 saturated heterocycles. The van der Waals surface area contributed by atoms with Crippen LogP contribution in [0.15, 0.2) is 29.2 Å². The fraction of sp³-hybridized carbons (Fsp3) is 0.556. The van der Waals surface area contributed by atoms with Crippen LogP contribution in [0.3, 0.4) is 0 Å². The van der Waals surface area contributed by atoms with Crippen molar-refractivity contribution in [3.05, 3.63) is 41.9 Å². The Morgan fingerprint density at radius 1 is 1.33 bits per heavy atom. The standard InChI is InChI=1S/C18H24N4O2/c23-18(15-2-1-3-15)20-11-16-10-19-17-4-6-21(7-8-22(16)17)12-14-5-9-24-13-14/h5,9-10,13,15H,1-4,6-8,11-12H2,(H,20,23). The molecule has 0 aromatic carbocycles. The van der Waals surface area contributed by atoms with Crippen LogP contribution in [0.5, 0.6) is 0 Å². The van der Waals surface area contributed by atoms with Crippen molar-refractivity contribution >= 4 is 5.91 Å². The van der Waals surface area contributed by atoms with Crippen LogP contribution in [0.25, 0.3) is 0 Å². The van der Waals surface area contributed by atoms with Crippen LogP contribution in [0.2, 0.25) is 0 Å². The number of nitrogens with one attached hydrogen (secondary N) is 1. The molecule has 0 radical (unpaired) electrons. The van der Waals surface area contributed by atoms with Crippen LogP contribution in [-0.4, -0.2) is 33.4 Å². The molecule has 0 unspecified atom stereocenters. The summed E-state index contributed by atoms with van der Waals surface area (Å²) < 4.78 is 7.43. The smallest absolute Gasteiger partial charge is 0.223 e. The van der Waals surface area contributed by atoms with Crippen molar-refractivity contribution in [2.24, 2.45) is 5.92 Å². The molecule has 1 fully saturated rings. The molecule has 1 N–H and O–H groups in total. The van der Waals surface area contributed by atoms with E-state index in [1.165, 1.54) is 12.0 Å². The van der Waals surface area contributed by atoms with E-state index in [1.54, 1.807) is 6.26 Å². The lowest BCUT2D eigenvalue weighted by molar-refractivity contribution is -0.127. The molecular weight excluding hydrogens is 304 g/mol. The number of carbonyl (C=O) groups is 1. The second-order valence-electron chi connectivity index (χ2n) is 6.82. The first-order valence-corrected chi connectivity index (χ1v) is 8.84. The first kappa shape index (κ1) is 15.4. The van der Waals surface area contributed by atoms with E-state index in [9.17, 15) is 4.79 Å². The van der Waals surface area contributed by atoms with Crippen molar-refractivity contribution in [1.29, 1.82) is 0 Å². The third kappa shape index (κ3) is 3.24. The fourth-order valence-electron chi connectivity index (χ4n) is 3.47. The zero-order valence-electron chi connectivity index (χ0n) is 13.9. The van der Waals surface area contributed by atoms with Gasteiger partial charge in [-0.15, -0.1) is 0 Å². The van der Waals surface area contributed by atoms with Crippen molar-refractivity contribution in [3.63, 3.8) is 0 Å². The summed E-state index contributed by atoms with van der Waals surface area (Å²) >= 11 is 0. The molecule has 24 heavy (non-hydrogen) atoms. The largest absolute Gasteiger partial charge is 0.472 e. The number of nitrogens with zero attached hydrogens (tertiary/aromatic N) is 3. The van der Waals surface area contributed by atoms with Crippen LogP contribution in [0.1, 0.15) is 36.3 Å². The van der Waals surface area contributed by atoms with E-state index in [1.807, 2.05) is 18.5 Å². The number of hydrogen-bond acceptors (Lipinski definition) is 4. The maximum atomic E-state index is 12.0. The van der Waals surface area contributed by atoms with Gasteiger partial charge in [-0.2, -0.15) is 0 Å². The second-order valence-corrected chi connectivity index (χ2v) is 6.82. The van der Waals surface area contributed by atoms with Crippen LogP contribution in [-0.2, 0) is 30.8 Å². The molecule has 0 spiro atoms. The average Bonchev–Trinajstić information content (AvgIpc) is 3.11. The monoisotopic (exact) mass is 328 g/mol. The Balaban J connectivity index is 1.35. The number of amides is 1. The lowest BCUT2D eigenvalue weighted by Crippen LogP contribution is -2.34. The quantitative estimate of drug-likeness (QED) is 0.911. The Kier molecular flexibility index (Phi) is 4.38. The SMILES string of the molecule is O=C(NCc1cnc2n1CCN(Cc1ccoc1)CC2)C1CCC1. The van der Waals surface area contributed by atoms with Gasteiger partial charge in [0.2, 0.25) is 5.91 Å². The Bertz CT molecular complexity index is 688. The maximum absolute atomic E-state index is 12.0. The molecule has 4 rings (SSSR count). The molecular formula is C18H24N4O2. The van der Waals surface area contributed by atoms with E-state index in [2.05, 4.69) is 19.8 Å². The van der Waals surface area contributed by atoms with Gasteiger partial charge in [-0.3, -0.25) is 9.69 Å². The van der Waals surface area contributed by atoms with Crippen LogP contribution in [0.4, 0.5) is 0 Å². The van der Waals surface area contributed by atoms with Crippen LogP contribution in [0, 0.1) is 5.92 Å². The minimum absolute atomic E-state index is 0.201. The molecule has 1 saturated carbocycles. The molecule has 1 amide bonds. The van der Waals surface area contributed by atoms with Crippen molar-refractivity contribution in [2.75, 3.05) is 13.1 Å². The summed E-state index contributed by atoms with van der Waals surface area (Å²) in [5.41, 5.74) is 2.32. The number of carbonyl (C=O) groups excluding carboxylic acids is 1. The van der Waals surface area contributed by atoms with Gasteiger partial charge in [-0.05, 0) is 18.9 Å². The highest BCUT2D eigenvalue weighted by Gasteiger charge is 2.25. The van der Waals surface area contributed by atoms with Crippen molar-refractivity contribution < 1.29 is 9.21 Å². The minimum atomic E-state index is 0.201. The van der Waals surface area contributed by atoms with Crippen LogP contribution < -0.4 is 5.32 Å². The second kappa shape index (κ2) is 6.81. The van der Waals surface area contributed by atoms with Gasteiger partial charge in [-0.1, -0.05) is 6.42 Å². The maximum Gasteiger partial charge on any atom is 0.223 e. The lowest BCUT2D eigenvalue weighted by Gasteiger charge is -2.24. The zero-order chi connectivity index (χ0) is 16.4.